The maximum Gasteiger partial charge on any atom is 0.259 e. The second-order valence-electron chi connectivity index (χ2n) is 8.51. The number of carbonyl (C=O) groups excluding carboxylic acids is 1. The number of benzene rings is 2. The molecule has 4 N–H and O–H groups in total. The summed E-state index contributed by atoms with van der Waals surface area (Å²) in [5.74, 6) is 0.292. The first-order valence-electron chi connectivity index (χ1n) is 10.3. The van der Waals surface area contributed by atoms with Gasteiger partial charge in [0.2, 0.25) is 0 Å². The average molecular weight is 412 g/mol. The Balaban J connectivity index is 1.39. The Kier molecular flexibility index (Phi) is 4.67. The highest BCUT2D eigenvalue weighted by Gasteiger charge is 2.27. The molecule has 4 aromatic rings. The number of H-pyrrole nitrogens is 1. The number of carbonyl (C=O) groups is 1. The van der Waals surface area contributed by atoms with Crippen LogP contribution in [0.5, 0.6) is 0 Å². The molecule has 31 heavy (non-hydrogen) atoms. The molecule has 0 unspecified atom stereocenters. The van der Waals surface area contributed by atoms with Gasteiger partial charge in [-0.2, -0.15) is 5.10 Å². The normalized spacial score (nSPS) is 14.8. The molecule has 5 rings (SSSR count). The summed E-state index contributed by atoms with van der Waals surface area (Å²) in [5.41, 5.74) is 5.60. The molecule has 1 amide bonds. The van der Waals surface area contributed by atoms with E-state index in [0.29, 0.717) is 11.4 Å². The van der Waals surface area contributed by atoms with Crippen molar-refractivity contribution in [1.29, 1.82) is 0 Å². The number of hydrogen-bond acceptors (Lipinski definition) is 5. The fourth-order valence-corrected chi connectivity index (χ4v) is 4.12. The number of fused-ring (bicyclic) bond motifs is 2. The Hall–Kier alpha value is -3.71. The third-order valence-corrected chi connectivity index (χ3v) is 5.73. The molecule has 2 aromatic heterocycles. The van der Waals surface area contributed by atoms with Crippen LogP contribution in [0.2, 0.25) is 0 Å². The van der Waals surface area contributed by atoms with Gasteiger partial charge in [0.05, 0.1) is 17.3 Å². The Bertz CT molecular complexity index is 1280. The number of hydrogen-bond donors (Lipinski definition) is 4. The number of nitrogens with zero attached hydrogens (tertiary/aromatic N) is 2. The van der Waals surface area contributed by atoms with Gasteiger partial charge in [-0.25, -0.2) is 4.98 Å². The average Bonchev–Trinajstić information content (AvgIpc) is 3.21. The molecule has 0 fully saturated rings. The van der Waals surface area contributed by atoms with Crippen molar-refractivity contribution in [2.75, 3.05) is 17.2 Å². The highest BCUT2D eigenvalue weighted by atomic mass is 16.1. The predicted octanol–water partition coefficient (Wildman–Crippen LogP) is 4.33. The molecule has 7 nitrogen and oxygen atoms in total. The Morgan fingerprint density at radius 1 is 1.10 bits per heavy atom. The van der Waals surface area contributed by atoms with Crippen molar-refractivity contribution >= 4 is 34.0 Å². The molecule has 3 heterocycles. The van der Waals surface area contributed by atoms with Crippen molar-refractivity contribution < 1.29 is 4.79 Å². The van der Waals surface area contributed by atoms with Crippen LogP contribution in [0.25, 0.3) is 10.9 Å². The van der Waals surface area contributed by atoms with Crippen LogP contribution in [0.15, 0.2) is 60.9 Å². The van der Waals surface area contributed by atoms with Gasteiger partial charge in [0.1, 0.15) is 5.82 Å². The van der Waals surface area contributed by atoms with Gasteiger partial charge in [-0.05, 0) is 53.6 Å². The minimum Gasteiger partial charge on any atom is -0.340 e. The molecule has 1 aliphatic rings. The lowest BCUT2D eigenvalue weighted by Gasteiger charge is -2.33. The molecule has 7 heteroatoms. The second-order valence-corrected chi connectivity index (χ2v) is 8.51. The molecule has 0 radical (unpaired) electrons. The van der Waals surface area contributed by atoms with E-state index >= 15 is 0 Å². The first-order valence-corrected chi connectivity index (χ1v) is 10.3. The third kappa shape index (κ3) is 3.75. The number of amides is 1. The largest absolute Gasteiger partial charge is 0.340 e. The van der Waals surface area contributed by atoms with Crippen molar-refractivity contribution in [3.63, 3.8) is 0 Å². The smallest absolute Gasteiger partial charge is 0.259 e. The molecule has 0 atom stereocenters. The zero-order chi connectivity index (χ0) is 21.4. The topological polar surface area (TPSA) is 94.7 Å². The Labute approximate surface area is 180 Å². The van der Waals surface area contributed by atoms with E-state index in [1.165, 1.54) is 11.1 Å². The van der Waals surface area contributed by atoms with Gasteiger partial charge in [-0.15, -0.1) is 0 Å². The lowest BCUT2D eigenvalue weighted by atomic mass is 9.79. The van der Waals surface area contributed by atoms with Crippen molar-refractivity contribution in [3.05, 3.63) is 77.6 Å². The number of rotatable bonds is 4. The van der Waals surface area contributed by atoms with Crippen LogP contribution in [0.1, 0.15) is 35.3 Å². The number of aromatic nitrogens is 3. The van der Waals surface area contributed by atoms with E-state index in [2.05, 4.69) is 57.1 Å². The zero-order valence-corrected chi connectivity index (χ0v) is 17.5. The van der Waals surface area contributed by atoms with Crippen molar-refractivity contribution in [2.24, 2.45) is 0 Å². The summed E-state index contributed by atoms with van der Waals surface area (Å²) in [6, 6.07) is 15.5. The quantitative estimate of drug-likeness (QED) is 0.400. The van der Waals surface area contributed by atoms with Gasteiger partial charge >= 0.3 is 0 Å². The minimum absolute atomic E-state index is 0.0757. The monoisotopic (exact) mass is 412 g/mol. The van der Waals surface area contributed by atoms with Gasteiger partial charge in [-0.1, -0.05) is 19.9 Å². The highest BCUT2D eigenvalue weighted by Crippen LogP contribution is 2.31. The van der Waals surface area contributed by atoms with E-state index in [0.717, 1.165) is 35.4 Å². The second kappa shape index (κ2) is 7.52. The van der Waals surface area contributed by atoms with Gasteiger partial charge in [-0.3, -0.25) is 9.89 Å². The molecule has 0 aliphatic carbocycles. The van der Waals surface area contributed by atoms with Crippen LogP contribution >= 0.6 is 0 Å². The van der Waals surface area contributed by atoms with E-state index < -0.39 is 0 Å². The first-order chi connectivity index (χ1) is 15.0. The summed E-state index contributed by atoms with van der Waals surface area (Å²) >= 11 is 0. The summed E-state index contributed by atoms with van der Waals surface area (Å²) in [4.78, 5) is 17.5. The molecule has 156 valence electrons. The van der Waals surface area contributed by atoms with Gasteiger partial charge in [0.25, 0.3) is 5.91 Å². The van der Waals surface area contributed by atoms with E-state index in [1.54, 1.807) is 24.5 Å². The highest BCUT2D eigenvalue weighted by molar-refractivity contribution is 6.08. The Morgan fingerprint density at radius 2 is 1.97 bits per heavy atom. The van der Waals surface area contributed by atoms with Crippen LogP contribution in [0, 0.1) is 0 Å². The third-order valence-electron chi connectivity index (χ3n) is 5.73. The van der Waals surface area contributed by atoms with E-state index in [1.807, 2.05) is 24.3 Å². The fourth-order valence-electron chi connectivity index (χ4n) is 4.12. The number of pyridine rings is 1. The lowest BCUT2D eigenvalue weighted by molar-refractivity contribution is 0.102. The molecule has 0 saturated heterocycles. The maximum absolute atomic E-state index is 13.1. The molecular weight excluding hydrogens is 388 g/mol. The van der Waals surface area contributed by atoms with Gasteiger partial charge < -0.3 is 16.0 Å². The van der Waals surface area contributed by atoms with E-state index in [-0.39, 0.29) is 11.3 Å². The molecule has 1 aliphatic heterocycles. The fraction of sp³-hybridized carbons (Fsp3) is 0.208. The summed E-state index contributed by atoms with van der Waals surface area (Å²) in [6.07, 6.45) is 3.44. The standard InChI is InChI=1S/C24H24N6O/c1-24(2)14-25-12-16-10-17(7-8-20(16)24)29-23(31)19-4-3-9-26-22(19)28-18-6-5-15-13-27-30-21(15)11-18/h3-11,13,25H,12,14H2,1-2H3,(H,26,28)(H,27,30)(H,29,31). The molecule has 0 spiro atoms. The number of anilines is 3. The summed E-state index contributed by atoms with van der Waals surface area (Å²) in [7, 11) is 0. The number of aromatic amines is 1. The molecule has 0 saturated carbocycles. The lowest BCUT2D eigenvalue weighted by Crippen LogP contribution is -2.38. The summed E-state index contributed by atoms with van der Waals surface area (Å²) in [6.45, 7) is 6.20. The van der Waals surface area contributed by atoms with Crippen molar-refractivity contribution in [2.45, 2.75) is 25.8 Å². The van der Waals surface area contributed by atoms with E-state index in [4.69, 9.17) is 0 Å². The minimum atomic E-state index is -0.207. The van der Waals surface area contributed by atoms with E-state index in [9.17, 15) is 4.79 Å². The maximum atomic E-state index is 13.1. The van der Waals surface area contributed by atoms with Crippen LogP contribution < -0.4 is 16.0 Å². The summed E-state index contributed by atoms with van der Waals surface area (Å²) < 4.78 is 0. The van der Waals surface area contributed by atoms with Gasteiger partial charge in [0, 0.05) is 41.5 Å². The molecule has 2 aromatic carbocycles. The van der Waals surface area contributed by atoms with Gasteiger partial charge in [0.15, 0.2) is 0 Å². The van der Waals surface area contributed by atoms with Crippen LogP contribution in [-0.4, -0.2) is 27.6 Å². The summed E-state index contributed by atoms with van der Waals surface area (Å²) in [5, 5.41) is 17.7. The van der Waals surface area contributed by atoms with Crippen LogP contribution in [-0.2, 0) is 12.0 Å². The number of nitrogens with one attached hydrogen (secondary N) is 4. The first kappa shape index (κ1) is 19.3. The predicted molar refractivity (Wildman–Crippen MR) is 123 cm³/mol. The van der Waals surface area contributed by atoms with Crippen LogP contribution in [0.3, 0.4) is 0 Å². The van der Waals surface area contributed by atoms with Crippen molar-refractivity contribution in [3.8, 4) is 0 Å². The zero-order valence-electron chi connectivity index (χ0n) is 17.5. The Morgan fingerprint density at radius 3 is 2.87 bits per heavy atom. The van der Waals surface area contributed by atoms with Crippen LogP contribution in [0.4, 0.5) is 17.2 Å². The molecule has 0 bridgehead atoms. The van der Waals surface area contributed by atoms with Crippen molar-refractivity contribution in [1.82, 2.24) is 20.5 Å². The SMILES string of the molecule is CC1(C)CNCc2cc(NC(=O)c3cccnc3Nc3ccc4cn[nH]c4c3)ccc21. The molecular formula is C24H24N6O.